The fraction of sp³-hybridized carbons (Fsp3) is 1.00. The predicted octanol–water partition coefficient (Wildman–Crippen LogP) is 3.66. The molecular weight excluding hydrogens is 205 g/mol. The standard InChI is InChI=1S/C11H19F3O/c1-2-3-6-10(15)7-4-5-9(8-10)11(12,13)14/h9,15H,2-8H2,1H3. The van der Waals surface area contributed by atoms with Gasteiger partial charge in [-0.3, -0.25) is 0 Å². The molecule has 0 amide bonds. The number of hydrogen-bond acceptors (Lipinski definition) is 1. The average Bonchev–Trinajstić information content (AvgIpc) is 2.14. The van der Waals surface area contributed by atoms with Crippen LogP contribution < -0.4 is 0 Å². The monoisotopic (exact) mass is 224 g/mol. The summed E-state index contributed by atoms with van der Waals surface area (Å²) in [5.41, 5.74) is -1.06. The summed E-state index contributed by atoms with van der Waals surface area (Å²) >= 11 is 0. The van der Waals surface area contributed by atoms with E-state index >= 15 is 0 Å². The second-order valence-corrected chi connectivity index (χ2v) is 4.66. The molecule has 90 valence electrons. The SMILES string of the molecule is CCCCC1(O)CCCC(C(F)(F)F)C1. The highest BCUT2D eigenvalue weighted by atomic mass is 19.4. The van der Waals surface area contributed by atoms with Crippen molar-refractivity contribution in [3.05, 3.63) is 0 Å². The van der Waals surface area contributed by atoms with Crippen molar-refractivity contribution in [2.24, 2.45) is 5.92 Å². The molecule has 0 heterocycles. The fourth-order valence-corrected chi connectivity index (χ4v) is 2.35. The van der Waals surface area contributed by atoms with Crippen molar-refractivity contribution in [3.63, 3.8) is 0 Å². The van der Waals surface area contributed by atoms with Gasteiger partial charge >= 0.3 is 6.18 Å². The van der Waals surface area contributed by atoms with E-state index in [1.54, 1.807) is 0 Å². The molecule has 0 aliphatic heterocycles. The van der Waals surface area contributed by atoms with E-state index in [2.05, 4.69) is 0 Å². The Morgan fingerprint density at radius 2 is 2.07 bits per heavy atom. The van der Waals surface area contributed by atoms with Gasteiger partial charge in [0.05, 0.1) is 11.5 Å². The Morgan fingerprint density at radius 3 is 2.60 bits per heavy atom. The topological polar surface area (TPSA) is 20.2 Å². The van der Waals surface area contributed by atoms with E-state index in [4.69, 9.17) is 0 Å². The van der Waals surface area contributed by atoms with Gasteiger partial charge < -0.3 is 5.11 Å². The van der Waals surface area contributed by atoms with Crippen molar-refractivity contribution >= 4 is 0 Å². The number of hydrogen-bond donors (Lipinski definition) is 1. The van der Waals surface area contributed by atoms with Crippen LogP contribution in [0.1, 0.15) is 51.9 Å². The Balaban J connectivity index is 2.54. The van der Waals surface area contributed by atoms with Crippen LogP contribution in [0.25, 0.3) is 0 Å². The lowest BCUT2D eigenvalue weighted by atomic mass is 9.75. The molecule has 1 aliphatic rings. The van der Waals surface area contributed by atoms with Crippen molar-refractivity contribution in [1.82, 2.24) is 0 Å². The van der Waals surface area contributed by atoms with Gasteiger partial charge in [0.15, 0.2) is 0 Å². The Hall–Kier alpha value is -0.250. The summed E-state index contributed by atoms with van der Waals surface area (Å²) in [6.45, 7) is 1.98. The molecule has 15 heavy (non-hydrogen) atoms. The van der Waals surface area contributed by atoms with Crippen LogP contribution in [0.15, 0.2) is 0 Å². The molecule has 0 aromatic carbocycles. The second kappa shape index (κ2) is 4.73. The Bertz CT molecular complexity index is 202. The zero-order valence-corrected chi connectivity index (χ0v) is 9.11. The first kappa shape index (κ1) is 12.8. The zero-order chi connectivity index (χ0) is 11.5. The molecule has 1 aliphatic carbocycles. The highest BCUT2D eigenvalue weighted by Crippen LogP contribution is 2.43. The third-order valence-corrected chi connectivity index (χ3v) is 3.28. The maximum atomic E-state index is 12.5. The van der Waals surface area contributed by atoms with Gasteiger partial charge in [0.1, 0.15) is 0 Å². The maximum Gasteiger partial charge on any atom is 0.391 e. The van der Waals surface area contributed by atoms with Gasteiger partial charge in [0.2, 0.25) is 0 Å². The quantitative estimate of drug-likeness (QED) is 0.775. The van der Waals surface area contributed by atoms with Crippen LogP contribution >= 0.6 is 0 Å². The van der Waals surface area contributed by atoms with Crippen molar-refractivity contribution in [2.45, 2.75) is 63.6 Å². The first-order chi connectivity index (χ1) is 6.87. The largest absolute Gasteiger partial charge is 0.391 e. The van der Waals surface area contributed by atoms with Crippen LogP contribution in [0.2, 0.25) is 0 Å². The molecule has 0 aromatic rings. The van der Waals surface area contributed by atoms with Crippen LogP contribution in [0, 0.1) is 5.92 Å². The molecule has 4 heteroatoms. The van der Waals surface area contributed by atoms with Gasteiger partial charge in [-0.25, -0.2) is 0 Å². The number of halogens is 3. The number of rotatable bonds is 3. The van der Waals surface area contributed by atoms with Gasteiger partial charge in [0, 0.05) is 0 Å². The lowest BCUT2D eigenvalue weighted by molar-refractivity contribution is -0.201. The smallest absolute Gasteiger partial charge is 0.390 e. The van der Waals surface area contributed by atoms with Gasteiger partial charge in [-0.05, 0) is 32.1 Å². The predicted molar refractivity (Wildman–Crippen MR) is 52.5 cm³/mol. The Labute approximate surface area is 88.7 Å². The summed E-state index contributed by atoms with van der Waals surface area (Å²) in [5, 5.41) is 10.0. The van der Waals surface area contributed by atoms with Crippen molar-refractivity contribution in [2.75, 3.05) is 0 Å². The van der Waals surface area contributed by atoms with E-state index in [-0.39, 0.29) is 12.8 Å². The molecule has 0 radical (unpaired) electrons. The lowest BCUT2D eigenvalue weighted by Gasteiger charge is -2.37. The first-order valence-corrected chi connectivity index (χ1v) is 5.66. The van der Waals surface area contributed by atoms with Crippen molar-refractivity contribution < 1.29 is 18.3 Å². The van der Waals surface area contributed by atoms with Crippen LogP contribution in [-0.2, 0) is 0 Å². The van der Waals surface area contributed by atoms with E-state index < -0.39 is 17.7 Å². The zero-order valence-electron chi connectivity index (χ0n) is 9.11. The van der Waals surface area contributed by atoms with Crippen LogP contribution in [-0.4, -0.2) is 16.9 Å². The summed E-state index contributed by atoms with van der Waals surface area (Å²) in [4.78, 5) is 0. The number of unbranched alkanes of at least 4 members (excludes halogenated alkanes) is 1. The Morgan fingerprint density at radius 1 is 1.40 bits per heavy atom. The van der Waals surface area contributed by atoms with Crippen molar-refractivity contribution in [3.8, 4) is 0 Å². The molecule has 1 fully saturated rings. The number of alkyl halides is 3. The molecule has 1 N–H and O–H groups in total. The minimum Gasteiger partial charge on any atom is -0.390 e. The Kier molecular flexibility index (Phi) is 4.04. The molecule has 0 spiro atoms. The van der Waals surface area contributed by atoms with Crippen LogP contribution in [0.5, 0.6) is 0 Å². The molecule has 1 rings (SSSR count). The minimum atomic E-state index is -4.14. The second-order valence-electron chi connectivity index (χ2n) is 4.66. The summed E-state index contributed by atoms with van der Waals surface area (Å²) in [5.74, 6) is -1.30. The highest BCUT2D eigenvalue weighted by molar-refractivity contribution is 4.88. The van der Waals surface area contributed by atoms with Crippen LogP contribution in [0.4, 0.5) is 13.2 Å². The molecule has 1 nitrogen and oxygen atoms in total. The van der Waals surface area contributed by atoms with Gasteiger partial charge in [-0.2, -0.15) is 13.2 Å². The summed E-state index contributed by atoms with van der Waals surface area (Å²) in [6, 6.07) is 0. The molecule has 1 saturated carbocycles. The summed E-state index contributed by atoms with van der Waals surface area (Å²) < 4.78 is 37.5. The normalized spacial score (nSPS) is 33.0. The molecule has 0 bridgehead atoms. The molecule has 0 aromatic heterocycles. The van der Waals surface area contributed by atoms with Crippen molar-refractivity contribution in [1.29, 1.82) is 0 Å². The van der Waals surface area contributed by atoms with Gasteiger partial charge in [-0.15, -0.1) is 0 Å². The fourth-order valence-electron chi connectivity index (χ4n) is 2.35. The summed E-state index contributed by atoms with van der Waals surface area (Å²) in [7, 11) is 0. The van der Waals surface area contributed by atoms with E-state index in [1.807, 2.05) is 6.92 Å². The third-order valence-electron chi connectivity index (χ3n) is 3.28. The van der Waals surface area contributed by atoms with E-state index in [1.165, 1.54) is 0 Å². The first-order valence-electron chi connectivity index (χ1n) is 5.66. The van der Waals surface area contributed by atoms with E-state index in [0.717, 1.165) is 12.8 Å². The lowest BCUT2D eigenvalue weighted by Crippen LogP contribution is -2.40. The van der Waals surface area contributed by atoms with E-state index in [9.17, 15) is 18.3 Å². The number of aliphatic hydroxyl groups is 1. The average molecular weight is 224 g/mol. The highest BCUT2D eigenvalue weighted by Gasteiger charge is 2.46. The molecule has 0 saturated heterocycles. The molecular formula is C11H19F3O. The molecule has 2 atom stereocenters. The maximum absolute atomic E-state index is 12.5. The molecule has 2 unspecified atom stereocenters. The third kappa shape index (κ3) is 3.67. The van der Waals surface area contributed by atoms with Gasteiger partial charge in [-0.1, -0.05) is 19.8 Å². The minimum absolute atomic E-state index is 0.101. The van der Waals surface area contributed by atoms with Gasteiger partial charge in [0.25, 0.3) is 0 Å². The van der Waals surface area contributed by atoms with E-state index in [0.29, 0.717) is 19.3 Å². The summed E-state index contributed by atoms with van der Waals surface area (Å²) in [6.07, 6.45) is -0.810. The van der Waals surface area contributed by atoms with Crippen LogP contribution in [0.3, 0.4) is 0 Å².